The minimum atomic E-state index is 1.20. The summed E-state index contributed by atoms with van der Waals surface area (Å²) in [6, 6.07) is 6.53. The Balaban J connectivity index is 2.86. The third-order valence-electron chi connectivity index (χ3n) is 1.73. The van der Waals surface area contributed by atoms with E-state index < -0.39 is 0 Å². The molecule has 0 saturated carbocycles. The Hall–Kier alpha value is -0.340. The number of rotatable bonds is 0. The molecular weight excluding hydrogens is 220 g/mol. The van der Waals surface area contributed by atoms with Crippen LogP contribution in [0.2, 0.25) is 0 Å². The van der Waals surface area contributed by atoms with Crippen molar-refractivity contribution in [2.75, 3.05) is 0 Å². The molecule has 1 aromatic carbocycles. The number of thiophene rings is 1. The molecule has 0 aliphatic carbocycles. The molecule has 0 spiro atoms. The van der Waals surface area contributed by atoms with E-state index in [1.807, 2.05) is 0 Å². The monoisotopic (exact) mass is 226 g/mol. The van der Waals surface area contributed by atoms with Crippen molar-refractivity contribution in [3.05, 3.63) is 33.6 Å². The van der Waals surface area contributed by atoms with Gasteiger partial charge in [-0.15, -0.1) is 11.3 Å². The van der Waals surface area contributed by atoms with Crippen LogP contribution < -0.4 is 0 Å². The van der Waals surface area contributed by atoms with Crippen molar-refractivity contribution < 1.29 is 0 Å². The van der Waals surface area contributed by atoms with Crippen LogP contribution in [0.4, 0.5) is 0 Å². The molecule has 0 aliphatic heterocycles. The van der Waals surface area contributed by atoms with Crippen LogP contribution >= 0.6 is 27.3 Å². The Kier molecular flexibility index (Phi) is 1.74. The average Bonchev–Trinajstić information content (AvgIpc) is 2.36. The van der Waals surface area contributed by atoms with E-state index in [2.05, 4.69) is 46.4 Å². The predicted molar refractivity (Wildman–Crippen MR) is 54.3 cm³/mol. The van der Waals surface area contributed by atoms with Gasteiger partial charge in [0.05, 0.1) is 0 Å². The second kappa shape index (κ2) is 2.61. The summed E-state index contributed by atoms with van der Waals surface area (Å²) in [4.78, 5) is 0. The number of halogens is 1. The third kappa shape index (κ3) is 1.21. The molecule has 2 heteroatoms. The van der Waals surface area contributed by atoms with Crippen LogP contribution in [0, 0.1) is 6.92 Å². The van der Waals surface area contributed by atoms with E-state index in [4.69, 9.17) is 0 Å². The fourth-order valence-electron chi connectivity index (χ4n) is 1.10. The van der Waals surface area contributed by atoms with Crippen LogP contribution in [-0.4, -0.2) is 0 Å². The Bertz CT molecular complexity index is 353. The summed E-state index contributed by atoms with van der Waals surface area (Å²) in [5, 5.41) is 3.46. The number of hydrogen-bond acceptors (Lipinski definition) is 1. The first-order valence-electron chi connectivity index (χ1n) is 3.41. The standard InChI is InChI=1S/C9H7BrS/c1-6-4-7-2-3-11-9(7)5-8(6)10/h2-5H,1H3. The van der Waals surface area contributed by atoms with Crippen LogP contribution in [0.3, 0.4) is 0 Å². The van der Waals surface area contributed by atoms with E-state index in [9.17, 15) is 0 Å². The lowest BCUT2D eigenvalue weighted by atomic mass is 10.2. The number of fused-ring (bicyclic) bond motifs is 1. The maximum absolute atomic E-state index is 3.51. The molecule has 0 aliphatic rings. The Morgan fingerprint density at radius 2 is 2.18 bits per heavy atom. The first-order valence-corrected chi connectivity index (χ1v) is 5.08. The average molecular weight is 227 g/mol. The Labute approximate surface area is 78.0 Å². The van der Waals surface area contributed by atoms with Gasteiger partial charge in [-0.25, -0.2) is 0 Å². The van der Waals surface area contributed by atoms with Crippen molar-refractivity contribution in [2.24, 2.45) is 0 Å². The summed E-state index contributed by atoms with van der Waals surface area (Å²) >= 11 is 5.29. The van der Waals surface area contributed by atoms with Crippen molar-refractivity contribution in [2.45, 2.75) is 6.92 Å². The van der Waals surface area contributed by atoms with Gasteiger partial charge in [0.25, 0.3) is 0 Å². The summed E-state index contributed by atoms with van der Waals surface area (Å²) in [6.07, 6.45) is 0. The number of hydrogen-bond donors (Lipinski definition) is 0. The molecule has 0 radical (unpaired) electrons. The van der Waals surface area contributed by atoms with Crippen molar-refractivity contribution in [3.63, 3.8) is 0 Å². The molecule has 0 N–H and O–H groups in total. The highest BCUT2D eigenvalue weighted by atomic mass is 79.9. The van der Waals surface area contributed by atoms with Crippen LogP contribution in [0.5, 0.6) is 0 Å². The molecule has 0 saturated heterocycles. The van der Waals surface area contributed by atoms with Crippen molar-refractivity contribution in [3.8, 4) is 0 Å². The summed E-state index contributed by atoms with van der Waals surface area (Å²) in [5.41, 5.74) is 1.30. The summed E-state index contributed by atoms with van der Waals surface area (Å²) in [6.45, 7) is 2.11. The molecule has 0 amide bonds. The minimum absolute atomic E-state index is 1.20. The van der Waals surface area contributed by atoms with Gasteiger partial charge in [-0.2, -0.15) is 0 Å². The van der Waals surface area contributed by atoms with Crippen LogP contribution in [0.25, 0.3) is 10.1 Å². The zero-order chi connectivity index (χ0) is 7.84. The second-order valence-electron chi connectivity index (χ2n) is 2.56. The second-order valence-corrected chi connectivity index (χ2v) is 4.36. The lowest BCUT2D eigenvalue weighted by Crippen LogP contribution is -1.72. The third-order valence-corrected chi connectivity index (χ3v) is 3.47. The summed E-state index contributed by atoms with van der Waals surface area (Å²) in [7, 11) is 0. The van der Waals surface area contributed by atoms with E-state index in [0.29, 0.717) is 0 Å². The van der Waals surface area contributed by atoms with E-state index in [1.54, 1.807) is 11.3 Å². The zero-order valence-electron chi connectivity index (χ0n) is 6.10. The molecule has 0 fully saturated rings. The fourth-order valence-corrected chi connectivity index (χ4v) is 2.40. The molecule has 1 aromatic heterocycles. The van der Waals surface area contributed by atoms with Gasteiger partial charge in [0.1, 0.15) is 0 Å². The number of aryl methyl sites for hydroxylation is 1. The lowest BCUT2D eigenvalue weighted by Gasteiger charge is -1.96. The molecule has 2 aromatic rings. The van der Waals surface area contributed by atoms with Crippen molar-refractivity contribution in [1.82, 2.24) is 0 Å². The van der Waals surface area contributed by atoms with Crippen LogP contribution in [0.1, 0.15) is 5.56 Å². The quantitative estimate of drug-likeness (QED) is 0.638. The topological polar surface area (TPSA) is 0 Å². The van der Waals surface area contributed by atoms with Gasteiger partial charge in [-0.1, -0.05) is 15.9 Å². The van der Waals surface area contributed by atoms with Gasteiger partial charge in [0.2, 0.25) is 0 Å². The largest absolute Gasteiger partial charge is 0.144 e. The molecule has 0 atom stereocenters. The summed E-state index contributed by atoms with van der Waals surface area (Å²) < 4.78 is 2.55. The first-order chi connectivity index (χ1) is 5.27. The van der Waals surface area contributed by atoms with Gasteiger partial charge >= 0.3 is 0 Å². The zero-order valence-corrected chi connectivity index (χ0v) is 8.50. The van der Waals surface area contributed by atoms with Gasteiger partial charge in [0.15, 0.2) is 0 Å². The van der Waals surface area contributed by atoms with Crippen LogP contribution in [0.15, 0.2) is 28.1 Å². The highest BCUT2D eigenvalue weighted by molar-refractivity contribution is 9.10. The SMILES string of the molecule is Cc1cc2ccsc2cc1Br. The van der Waals surface area contributed by atoms with Gasteiger partial charge in [-0.05, 0) is 41.5 Å². The Morgan fingerprint density at radius 1 is 1.36 bits per heavy atom. The summed E-state index contributed by atoms with van der Waals surface area (Å²) in [5.74, 6) is 0. The fraction of sp³-hybridized carbons (Fsp3) is 0.111. The molecule has 0 nitrogen and oxygen atoms in total. The first kappa shape index (κ1) is 7.32. The lowest BCUT2D eigenvalue weighted by molar-refractivity contribution is 1.47. The van der Waals surface area contributed by atoms with Crippen molar-refractivity contribution in [1.29, 1.82) is 0 Å². The van der Waals surface area contributed by atoms with E-state index in [0.717, 1.165) is 0 Å². The molecule has 1 heterocycles. The van der Waals surface area contributed by atoms with Gasteiger partial charge in [0, 0.05) is 9.17 Å². The van der Waals surface area contributed by atoms with E-state index >= 15 is 0 Å². The normalized spacial score (nSPS) is 10.7. The van der Waals surface area contributed by atoms with E-state index in [-0.39, 0.29) is 0 Å². The molecule has 0 bridgehead atoms. The van der Waals surface area contributed by atoms with Crippen LogP contribution in [-0.2, 0) is 0 Å². The molecular formula is C9H7BrS. The maximum atomic E-state index is 3.51. The highest BCUT2D eigenvalue weighted by Gasteiger charge is 1.98. The van der Waals surface area contributed by atoms with E-state index in [1.165, 1.54) is 20.1 Å². The molecule has 56 valence electrons. The molecule has 11 heavy (non-hydrogen) atoms. The van der Waals surface area contributed by atoms with Crippen molar-refractivity contribution >= 4 is 37.4 Å². The molecule has 0 unspecified atom stereocenters. The van der Waals surface area contributed by atoms with Gasteiger partial charge < -0.3 is 0 Å². The number of benzene rings is 1. The minimum Gasteiger partial charge on any atom is -0.144 e. The van der Waals surface area contributed by atoms with Gasteiger partial charge in [-0.3, -0.25) is 0 Å². The maximum Gasteiger partial charge on any atom is 0.0354 e. The Morgan fingerprint density at radius 3 is 3.00 bits per heavy atom. The molecule has 2 rings (SSSR count). The highest BCUT2D eigenvalue weighted by Crippen LogP contribution is 2.27. The smallest absolute Gasteiger partial charge is 0.0354 e. The predicted octanol–water partition coefficient (Wildman–Crippen LogP) is 3.97.